The predicted octanol–water partition coefficient (Wildman–Crippen LogP) is 4.39. The van der Waals surface area contributed by atoms with Gasteiger partial charge in [-0.2, -0.15) is 5.10 Å². The van der Waals surface area contributed by atoms with Gasteiger partial charge in [0.25, 0.3) is 5.91 Å². The average Bonchev–Trinajstić information content (AvgIpc) is 3.16. The molecule has 0 bridgehead atoms. The number of halogens is 1. The number of rotatable bonds is 5. The van der Waals surface area contributed by atoms with Gasteiger partial charge in [0.15, 0.2) is 5.65 Å². The SMILES string of the molecule is Cc1cc(C(=O)N2CCC[C@@H](COc3ccc(F)cc3)C2)c2cnn(C(C)C)c2n1. The number of hydrogen-bond acceptors (Lipinski definition) is 4. The first kappa shape index (κ1) is 20.3. The molecule has 0 unspecified atom stereocenters. The molecule has 1 amide bonds. The summed E-state index contributed by atoms with van der Waals surface area (Å²) in [5.41, 5.74) is 2.22. The van der Waals surface area contributed by atoms with Gasteiger partial charge in [0, 0.05) is 30.7 Å². The van der Waals surface area contributed by atoms with Crippen molar-refractivity contribution in [2.24, 2.45) is 5.92 Å². The fraction of sp³-hybridized carbons (Fsp3) is 0.435. The largest absolute Gasteiger partial charge is 0.493 e. The molecule has 1 aliphatic heterocycles. The fourth-order valence-corrected chi connectivity index (χ4v) is 4.00. The molecule has 0 N–H and O–H groups in total. The molecule has 6 nitrogen and oxygen atoms in total. The number of pyridine rings is 1. The Morgan fingerprint density at radius 3 is 2.80 bits per heavy atom. The molecule has 2 aromatic heterocycles. The van der Waals surface area contributed by atoms with Crippen LogP contribution < -0.4 is 4.74 Å². The van der Waals surface area contributed by atoms with Gasteiger partial charge in [0.1, 0.15) is 11.6 Å². The molecular weight excluding hydrogens is 383 g/mol. The lowest BCUT2D eigenvalue weighted by atomic mass is 9.98. The van der Waals surface area contributed by atoms with Crippen molar-refractivity contribution in [2.75, 3.05) is 19.7 Å². The van der Waals surface area contributed by atoms with Crippen LogP contribution in [0.4, 0.5) is 4.39 Å². The van der Waals surface area contributed by atoms with Gasteiger partial charge in [-0.15, -0.1) is 0 Å². The van der Waals surface area contributed by atoms with Crippen LogP contribution in [-0.4, -0.2) is 45.3 Å². The Morgan fingerprint density at radius 2 is 2.07 bits per heavy atom. The van der Waals surface area contributed by atoms with E-state index < -0.39 is 0 Å². The molecule has 7 heteroatoms. The van der Waals surface area contributed by atoms with Crippen LogP contribution >= 0.6 is 0 Å². The second-order valence-electron chi connectivity index (χ2n) is 8.26. The first-order valence-corrected chi connectivity index (χ1v) is 10.4. The summed E-state index contributed by atoms with van der Waals surface area (Å²) in [5, 5.41) is 5.24. The van der Waals surface area contributed by atoms with E-state index in [2.05, 4.69) is 10.1 Å². The topological polar surface area (TPSA) is 60.3 Å². The van der Waals surface area contributed by atoms with Crippen LogP contribution in [0, 0.1) is 18.7 Å². The van der Waals surface area contributed by atoms with Gasteiger partial charge in [-0.05, 0) is 63.9 Å². The predicted molar refractivity (Wildman–Crippen MR) is 113 cm³/mol. The number of amides is 1. The number of hydrogen-bond donors (Lipinski definition) is 0. The standard InChI is InChI=1S/C23H27FN4O2/c1-15(2)28-22-21(12-25-28)20(11-16(3)26-22)23(29)27-10-4-5-17(13-27)14-30-19-8-6-18(24)7-9-19/h6-9,11-12,15,17H,4-5,10,13-14H2,1-3H3/t17-/m1/s1. The zero-order chi connectivity index (χ0) is 21.3. The van der Waals surface area contributed by atoms with E-state index in [1.807, 2.05) is 36.4 Å². The Morgan fingerprint density at radius 1 is 1.30 bits per heavy atom. The van der Waals surface area contributed by atoms with Crippen molar-refractivity contribution in [1.29, 1.82) is 0 Å². The first-order valence-electron chi connectivity index (χ1n) is 10.4. The second kappa shape index (κ2) is 8.42. The Kier molecular flexibility index (Phi) is 5.70. The molecule has 0 saturated carbocycles. The number of fused-ring (bicyclic) bond motifs is 1. The third kappa shape index (κ3) is 4.15. The molecule has 0 radical (unpaired) electrons. The zero-order valence-corrected chi connectivity index (χ0v) is 17.6. The minimum absolute atomic E-state index is 0.0142. The van der Waals surface area contributed by atoms with Crippen LogP contribution in [0.25, 0.3) is 11.0 Å². The van der Waals surface area contributed by atoms with Gasteiger partial charge in [0.05, 0.1) is 23.8 Å². The van der Waals surface area contributed by atoms with Crippen molar-refractivity contribution in [1.82, 2.24) is 19.7 Å². The summed E-state index contributed by atoms with van der Waals surface area (Å²) in [7, 11) is 0. The summed E-state index contributed by atoms with van der Waals surface area (Å²) < 4.78 is 20.7. The molecule has 1 atom stereocenters. The lowest BCUT2D eigenvalue weighted by Crippen LogP contribution is -2.41. The van der Waals surface area contributed by atoms with E-state index in [1.165, 1.54) is 12.1 Å². The summed E-state index contributed by atoms with van der Waals surface area (Å²) in [4.78, 5) is 19.9. The third-order valence-electron chi connectivity index (χ3n) is 5.52. The van der Waals surface area contributed by atoms with E-state index in [4.69, 9.17) is 4.74 Å². The lowest BCUT2D eigenvalue weighted by Gasteiger charge is -2.33. The second-order valence-corrected chi connectivity index (χ2v) is 8.26. The smallest absolute Gasteiger partial charge is 0.254 e. The Hall–Kier alpha value is -2.96. The summed E-state index contributed by atoms with van der Waals surface area (Å²) in [5.74, 6) is 0.619. The van der Waals surface area contributed by atoms with Crippen LogP contribution in [0.2, 0.25) is 0 Å². The fourth-order valence-electron chi connectivity index (χ4n) is 4.00. The van der Waals surface area contributed by atoms with Crippen LogP contribution in [0.15, 0.2) is 36.5 Å². The molecule has 4 rings (SSSR count). The minimum atomic E-state index is -0.281. The summed E-state index contributed by atoms with van der Waals surface area (Å²) in [6, 6.07) is 8.06. The quantitative estimate of drug-likeness (QED) is 0.626. The number of nitrogens with zero attached hydrogens (tertiary/aromatic N) is 4. The molecule has 1 aliphatic rings. The molecule has 30 heavy (non-hydrogen) atoms. The maximum atomic E-state index is 13.4. The van der Waals surface area contributed by atoms with Gasteiger partial charge >= 0.3 is 0 Å². The first-order chi connectivity index (χ1) is 14.4. The van der Waals surface area contributed by atoms with Crippen molar-refractivity contribution in [2.45, 2.75) is 39.7 Å². The Labute approximate surface area is 175 Å². The molecule has 158 valence electrons. The van der Waals surface area contributed by atoms with Gasteiger partial charge in [-0.1, -0.05) is 0 Å². The molecule has 1 fully saturated rings. The zero-order valence-electron chi connectivity index (χ0n) is 17.6. The molecule has 1 saturated heterocycles. The van der Waals surface area contributed by atoms with Gasteiger partial charge in [0.2, 0.25) is 0 Å². The maximum absolute atomic E-state index is 13.4. The Balaban J connectivity index is 1.50. The highest BCUT2D eigenvalue weighted by Crippen LogP contribution is 2.25. The highest BCUT2D eigenvalue weighted by atomic mass is 19.1. The number of piperidine rings is 1. The Bertz CT molecular complexity index is 1050. The molecule has 3 heterocycles. The van der Waals surface area contributed by atoms with Gasteiger partial charge < -0.3 is 9.64 Å². The monoisotopic (exact) mass is 410 g/mol. The highest BCUT2D eigenvalue weighted by molar-refractivity contribution is 6.05. The normalized spacial score (nSPS) is 17.0. The molecule has 1 aromatic carbocycles. The lowest BCUT2D eigenvalue weighted by molar-refractivity contribution is 0.0635. The van der Waals surface area contributed by atoms with Crippen molar-refractivity contribution in [3.8, 4) is 5.75 Å². The third-order valence-corrected chi connectivity index (χ3v) is 5.52. The van der Waals surface area contributed by atoms with E-state index in [-0.39, 0.29) is 23.7 Å². The summed E-state index contributed by atoms with van der Waals surface area (Å²) in [6.45, 7) is 7.88. The van der Waals surface area contributed by atoms with Crippen LogP contribution in [0.3, 0.4) is 0 Å². The summed E-state index contributed by atoms with van der Waals surface area (Å²) in [6.07, 6.45) is 3.68. The number of aryl methyl sites for hydroxylation is 1. The number of carbonyl (C=O) groups excluding carboxylic acids is 1. The van der Waals surface area contributed by atoms with Crippen molar-refractivity contribution < 1.29 is 13.9 Å². The van der Waals surface area contributed by atoms with Crippen molar-refractivity contribution in [3.05, 3.63) is 53.6 Å². The molecule has 3 aromatic rings. The van der Waals surface area contributed by atoms with Crippen molar-refractivity contribution in [3.63, 3.8) is 0 Å². The van der Waals surface area contributed by atoms with Crippen LogP contribution in [0.5, 0.6) is 5.75 Å². The number of likely N-dealkylation sites (tertiary alicyclic amines) is 1. The highest BCUT2D eigenvalue weighted by Gasteiger charge is 2.27. The van der Waals surface area contributed by atoms with Crippen LogP contribution in [-0.2, 0) is 0 Å². The van der Waals surface area contributed by atoms with Crippen molar-refractivity contribution >= 4 is 16.9 Å². The van der Waals surface area contributed by atoms with E-state index in [0.717, 1.165) is 36.1 Å². The van der Waals surface area contributed by atoms with E-state index >= 15 is 0 Å². The van der Waals surface area contributed by atoms with Crippen LogP contribution in [0.1, 0.15) is 48.8 Å². The minimum Gasteiger partial charge on any atom is -0.493 e. The van der Waals surface area contributed by atoms with E-state index in [1.54, 1.807) is 18.3 Å². The van der Waals surface area contributed by atoms with Gasteiger partial charge in [-0.3, -0.25) is 4.79 Å². The molecular formula is C23H27FN4O2. The number of benzene rings is 1. The van der Waals surface area contributed by atoms with E-state index in [0.29, 0.717) is 24.5 Å². The van der Waals surface area contributed by atoms with Gasteiger partial charge in [-0.25, -0.2) is 14.1 Å². The number of aromatic nitrogens is 3. The number of ether oxygens (including phenoxy) is 1. The molecule has 0 spiro atoms. The number of carbonyl (C=O) groups is 1. The molecule has 0 aliphatic carbocycles. The maximum Gasteiger partial charge on any atom is 0.254 e. The summed E-state index contributed by atoms with van der Waals surface area (Å²) >= 11 is 0. The average molecular weight is 410 g/mol. The van der Waals surface area contributed by atoms with E-state index in [9.17, 15) is 9.18 Å².